The van der Waals surface area contributed by atoms with Crippen LogP contribution in [0.2, 0.25) is 0 Å². The van der Waals surface area contributed by atoms with Gasteiger partial charge in [0.25, 0.3) is 0 Å². The molecule has 2 unspecified atom stereocenters. The number of amides is 5. The van der Waals surface area contributed by atoms with Crippen LogP contribution in [0.3, 0.4) is 0 Å². The summed E-state index contributed by atoms with van der Waals surface area (Å²) < 4.78 is 13.8. The van der Waals surface area contributed by atoms with Crippen molar-refractivity contribution in [3.05, 3.63) is 42.2 Å². The number of nitrogens with one attached hydrogen (secondary N) is 1. The molecule has 5 amide bonds. The van der Waals surface area contributed by atoms with Gasteiger partial charge in [-0.2, -0.15) is 10.00 Å². The van der Waals surface area contributed by atoms with E-state index in [4.69, 9.17) is 9.47 Å². The van der Waals surface area contributed by atoms with Crippen LogP contribution in [0.4, 0.5) is 21.1 Å². The summed E-state index contributed by atoms with van der Waals surface area (Å²) in [4.78, 5) is 77.5. The zero-order valence-corrected chi connectivity index (χ0v) is 34.6. The number of thiazole rings is 1. The Morgan fingerprint density at radius 1 is 1.00 bits per heavy atom. The molecule has 280 valence electrons. The number of anilines is 2. The number of halogens is 1. The van der Waals surface area contributed by atoms with Crippen molar-refractivity contribution in [2.45, 2.75) is 79.6 Å². The van der Waals surface area contributed by atoms with Crippen molar-refractivity contribution in [1.82, 2.24) is 29.3 Å². The highest BCUT2D eigenvalue weighted by Crippen LogP contribution is 2.35. The maximum absolute atomic E-state index is 13.3. The number of rotatable bonds is 4. The van der Waals surface area contributed by atoms with Gasteiger partial charge in [-0.25, -0.2) is 24.0 Å². The van der Waals surface area contributed by atoms with Crippen LogP contribution >= 0.6 is 39.8 Å². The number of pyridine rings is 1. The average molecular weight is 867 g/mol. The third-order valence-electron chi connectivity index (χ3n) is 7.35. The van der Waals surface area contributed by atoms with Crippen LogP contribution in [-0.2, 0) is 23.9 Å². The lowest BCUT2D eigenvalue weighted by Crippen LogP contribution is -2.57. The molecule has 4 aromatic rings. The zero-order valence-electron chi connectivity index (χ0n) is 30.6. The van der Waals surface area contributed by atoms with E-state index in [1.807, 2.05) is 44.5 Å². The minimum absolute atomic E-state index is 0.00373. The maximum atomic E-state index is 13.3. The van der Waals surface area contributed by atoms with Gasteiger partial charge in [-0.1, -0.05) is 26.0 Å². The van der Waals surface area contributed by atoms with Gasteiger partial charge in [-0.05, 0) is 82.6 Å². The molecule has 1 aliphatic heterocycles. The van der Waals surface area contributed by atoms with Crippen molar-refractivity contribution in [1.29, 1.82) is 0 Å². The van der Waals surface area contributed by atoms with E-state index in [1.165, 1.54) is 15.8 Å². The predicted molar refractivity (Wildman–Crippen MR) is 211 cm³/mol. The molecular weight excluding hydrogens is 822 g/mol. The number of ether oxygens (including phenoxy) is 2. The highest BCUT2D eigenvalue weighted by molar-refractivity contribution is 14.2. The maximum Gasteiger partial charge on any atom is 0.425 e. The number of piperazine rings is 1. The predicted octanol–water partition coefficient (Wildman–Crippen LogP) is 6.85. The normalized spacial score (nSPS) is 15.1. The Balaban J connectivity index is 0.000000576. The van der Waals surface area contributed by atoms with Crippen LogP contribution < -0.4 is 10.2 Å². The van der Waals surface area contributed by atoms with Crippen LogP contribution in [0.1, 0.15) is 62.3 Å². The van der Waals surface area contributed by atoms with E-state index in [0.717, 1.165) is 5.52 Å². The van der Waals surface area contributed by atoms with Crippen molar-refractivity contribution in [2.75, 3.05) is 29.9 Å². The minimum Gasteiger partial charge on any atom is -0.443 e. The first-order valence-corrected chi connectivity index (χ1v) is 21.4. The molecule has 1 saturated heterocycles. The van der Waals surface area contributed by atoms with Crippen LogP contribution in [0.5, 0.6) is 0 Å². The monoisotopic (exact) mass is 866 g/mol. The van der Waals surface area contributed by atoms with Gasteiger partial charge >= 0.3 is 24.0 Å². The second-order valence-electron chi connectivity index (χ2n) is 14.3. The lowest BCUT2D eigenvalue weighted by atomic mass is 10.1. The first-order chi connectivity index (χ1) is 24.3. The van der Waals surface area contributed by atoms with Crippen molar-refractivity contribution >= 4 is 102 Å². The lowest BCUT2D eigenvalue weighted by molar-refractivity contribution is -0.148. The summed E-state index contributed by atoms with van der Waals surface area (Å²) in [5, 5.41) is 7.33. The third kappa shape index (κ3) is 10.3. The van der Waals surface area contributed by atoms with E-state index in [9.17, 15) is 24.0 Å². The zero-order chi connectivity index (χ0) is 38.5. The molecule has 5 rings (SSSR count). The summed E-state index contributed by atoms with van der Waals surface area (Å²) in [6.07, 6.45) is 0.926. The Hall–Kier alpha value is -3.96. The Kier molecular flexibility index (Phi) is 13.2. The first kappa shape index (κ1) is 40.8. The van der Waals surface area contributed by atoms with Gasteiger partial charge in [-0.3, -0.25) is 14.4 Å². The number of benzene rings is 1. The number of carbonyl (C=O) groups excluding carboxylic acids is 5. The van der Waals surface area contributed by atoms with Crippen molar-refractivity contribution in [2.24, 2.45) is 5.92 Å². The minimum atomic E-state index is -1.00. The van der Waals surface area contributed by atoms with Gasteiger partial charge in [0.05, 0.1) is 39.4 Å². The summed E-state index contributed by atoms with van der Waals surface area (Å²) >= 11 is 3.78. The van der Waals surface area contributed by atoms with Crippen LogP contribution in [0, 0.1) is 5.92 Å². The molecular formula is C34H44IN8O7PS. The molecule has 0 bridgehead atoms. The summed E-state index contributed by atoms with van der Waals surface area (Å²) in [6.45, 7) is 16.2. The molecule has 1 fully saturated rings. The fraction of sp³-hybridized carbons (Fsp3) is 0.471. The molecule has 1 N–H and O–H groups in total. The molecule has 4 heterocycles. The summed E-state index contributed by atoms with van der Waals surface area (Å²) in [5.74, 6) is -1.95. The van der Waals surface area contributed by atoms with Crippen molar-refractivity contribution in [3.8, 4) is 0 Å². The number of nitrogens with zero attached hydrogens (tertiary/aromatic N) is 7. The van der Waals surface area contributed by atoms with Gasteiger partial charge in [0.2, 0.25) is 5.91 Å². The molecule has 0 radical (unpaired) electrons. The van der Waals surface area contributed by atoms with E-state index in [1.54, 1.807) is 68.4 Å². The van der Waals surface area contributed by atoms with Crippen molar-refractivity contribution < 1.29 is 33.4 Å². The third-order valence-corrected chi connectivity index (χ3v) is 10.0. The fourth-order valence-corrected chi connectivity index (χ4v) is 6.83. The Labute approximate surface area is 321 Å². The number of aromatic nitrogens is 4. The quantitative estimate of drug-likeness (QED) is 0.130. The Morgan fingerprint density at radius 3 is 2.19 bits per heavy atom. The van der Waals surface area contributed by atoms with E-state index in [0.29, 0.717) is 11.4 Å². The molecule has 3 aromatic heterocycles. The number of para-hydroxylation sites is 1. The number of imide groups is 1. The fourth-order valence-electron chi connectivity index (χ4n) is 5.09. The summed E-state index contributed by atoms with van der Waals surface area (Å²) in [6, 6.07) is 7.88. The lowest BCUT2D eigenvalue weighted by Gasteiger charge is -2.40. The van der Waals surface area contributed by atoms with Crippen molar-refractivity contribution in [3.63, 3.8) is 0 Å². The summed E-state index contributed by atoms with van der Waals surface area (Å²) in [7, 11) is 0. The molecule has 0 saturated carbocycles. The summed E-state index contributed by atoms with van der Waals surface area (Å²) in [5.41, 5.74) is 1.42. The van der Waals surface area contributed by atoms with Crippen LogP contribution in [0.25, 0.3) is 21.1 Å². The molecule has 0 aliphatic carbocycles. The highest BCUT2D eigenvalue weighted by Gasteiger charge is 2.37. The van der Waals surface area contributed by atoms with Gasteiger partial charge in [0.15, 0.2) is 5.82 Å². The Morgan fingerprint density at radius 2 is 1.63 bits per heavy atom. The van der Waals surface area contributed by atoms with Gasteiger partial charge in [0.1, 0.15) is 16.7 Å². The second-order valence-corrected chi connectivity index (χ2v) is 17.2. The number of hydrogen-bond donors (Lipinski definition) is 1. The van der Waals surface area contributed by atoms with E-state index < -0.39 is 35.2 Å². The highest BCUT2D eigenvalue weighted by atomic mass is 127. The smallest absolute Gasteiger partial charge is 0.425 e. The van der Waals surface area contributed by atoms with Gasteiger partial charge < -0.3 is 24.6 Å². The number of fused-ring (bicyclic) bond motifs is 2. The van der Waals surface area contributed by atoms with E-state index in [2.05, 4.69) is 48.5 Å². The van der Waals surface area contributed by atoms with Crippen LogP contribution in [0.15, 0.2) is 42.2 Å². The van der Waals surface area contributed by atoms with E-state index in [-0.39, 0.29) is 59.7 Å². The SMILES string of the molecule is CC(C)C(=O)N1CCN(C(=O)C(=O)Nc2cnc(N(C(=O)OC(C)(C)C)C(=O)OC(C)(C)C)c3cn(PI)nc23)CC1C.c1ccc2scnc2c1. The molecule has 1 aromatic carbocycles. The topological polar surface area (TPSA) is 169 Å². The van der Waals surface area contributed by atoms with Gasteiger partial charge in [0, 0.05) is 37.8 Å². The molecule has 52 heavy (non-hydrogen) atoms. The van der Waals surface area contributed by atoms with E-state index >= 15 is 0 Å². The molecule has 2 atom stereocenters. The molecule has 15 nitrogen and oxygen atoms in total. The first-order valence-electron chi connectivity index (χ1n) is 16.5. The average Bonchev–Trinajstić information content (AvgIpc) is 3.71. The number of hydrogen-bond acceptors (Lipinski definition) is 11. The standard InChI is InChI=1S/C27H39IN7O7P.C7H5NS/c1-15(2)22(37)33-11-10-32(13-16(33)3)23(38)21(36)30-18-12-29-20(17-14-34(43-28)31-19(17)18)35(24(39)41-26(4,5)6)25(40)42-27(7,8)9;1-2-4-7-6(3-1)8-5-9-7/h12,14-16,43H,10-11,13H2,1-9H3,(H,30,36);1-5H. The number of carbonyl (C=O) groups is 5. The Bertz CT molecular complexity index is 1900. The second kappa shape index (κ2) is 16.8. The van der Waals surface area contributed by atoms with Gasteiger partial charge in [-0.15, -0.1) is 11.3 Å². The van der Waals surface area contributed by atoms with Crippen LogP contribution in [-0.4, -0.2) is 96.1 Å². The molecule has 18 heteroatoms. The molecule has 1 aliphatic rings. The largest absolute Gasteiger partial charge is 0.443 e. The molecule has 0 spiro atoms.